The molecule has 0 aromatic rings. The predicted molar refractivity (Wildman–Crippen MR) is 113 cm³/mol. The third-order valence-electron chi connectivity index (χ3n) is 9.48. The third kappa shape index (κ3) is 3.43. The van der Waals surface area contributed by atoms with Gasteiger partial charge in [0.05, 0.1) is 0 Å². The van der Waals surface area contributed by atoms with Crippen LogP contribution in [0.2, 0.25) is 0 Å². The molecule has 0 radical (unpaired) electrons. The predicted octanol–water partition coefficient (Wildman–Crippen LogP) is 3.21. The number of fused-ring (bicyclic) bond motifs is 5. The van der Waals surface area contributed by atoms with E-state index in [2.05, 4.69) is 6.92 Å². The van der Waals surface area contributed by atoms with Crippen LogP contribution >= 0.6 is 0 Å². The third-order valence-corrected chi connectivity index (χ3v) is 9.48. The van der Waals surface area contributed by atoms with Gasteiger partial charge >= 0.3 is 11.9 Å². The number of Topliss-reactive ketones (excluding diaryl/α,β-unsaturated/α-hetero) is 3. The highest BCUT2D eigenvalue weighted by molar-refractivity contribution is 5.93. The Morgan fingerprint density at radius 3 is 2.34 bits per heavy atom. The van der Waals surface area contributed by atoms with E-state index in [9.17, 15) is 24.0 Å². The number of ketones is 3. The fraction of sp³-hybridized carbons (Fsp3) is 0.800. The first-order chi connectivity index (χ1) is 14.9. The molecular weight excluding hydrogens is 412 g/mol. The monoisotopic (exact) mass is 446 g/mol. The van der Waals surface area contributed by atoms with Crippen LogP contribution < -0.4 is 0 Å². The summed E-state index contributed by atoms with van der Waals surface area (Å²) in [5.41, 5.74) is -1.89. The van der Waals surface area contributed by atoms with Crippen LogP contribution in [0, 0.1) is 34.5 Å². The van der Waals surface area contributed by atoms with Crippen LogP contribution in [0.4, 0.5) is 0 Å². The summed E-state index contributed by atoms with van der Waals surface area (Å²) in [6.45, 7) is 6.33. The van der Waals surface area contributed by atoms with Gasteiger partial charge < -0.3 is 9.47 Å². The summed E-state index contributed by atoms with van der Waals surface area (Å²) in [7, 11) is 0. The summed E-state index contributed by atoms with van der Waals surface area (Å²) < 4.78 is 10.5. The van der Waals surface area contributed by atoms with E-state index in [4.69, 9.17) is 9.47 Å². The van der Waals surface area contributed by atoms with Crippen molar-refractivity contribution in [3.05, 3.63) is 0 Å². The highest BCUT2D eigenvalue weighted by atomic mass is 16.6. The molecule has 0 N–H and O–H groups in total. The van der Waals surface area contributed by atoms with Gasteiger partial charge in [-0.2, -0.15) is 0 Å². The molecule has 4 rings (SSSR count). The van der Waals surface area contributed by atoms with E-state index in [1.807, 2.05) is 6.92 Å². The lowest BCUT2D eigenvalue weighted by Crippen LogP contribution is -2.61. The summed E-state index contributed by atoms with van der Waals surface area (Å²) in [6, 6.07) is 0. The zero-order valence-electron chi connectivity index (χ0n) is 19.5. The van der Waals surface area contributed by atoms with Crippen LogP contribution in [0.1, 0.15) is 79.1 Å². The lowest BCUT2D eigenvalue weighted by atomic mass is 9.44. The molecule has 4 fully saturated rings. The molecule has 0 aromatic heterocycles. The maximum atomic E-state index is 13.5. The molecular formula is C25H34O7. The van der Waals surface area contributed by atoms with Crippen molar-refractivity contribution in [2.75, 3.05) is 6.61 Å². The molecule has 0 spiro atoms. The Labute approximate surface area is 189 Å². The molecule has 0 bridgehead atoms. The van der Waals surface area contributed by atoms with Crippen molar-refractivity contribution in [3.8, 4) is 0 Å². The maximum absolute atomic E-state index is 13.5. The summed E-state index contributed by atoms with van der Waals surface area (Å²) in [6.07, 6.45) is 4.64. The zero-order chi connectivity index (χ0) is 23.5. The molecule has 0 aliphatic heterocycles. The number of ether oxygens (including phenoxy) is 2. The first-order valence-corrected chi connectivity index (χ1v) is 11.9. The minimum Gasteiger partial charge on any atom is -0.458 e. The Balaban J connectivity index is 1.62. The van der Waals surface area contributed by atoms with Crippen LogP contribution in [0.5, 0.6) is 0 Å². The molecule has 32 heavy (non-hydrogen) atoms. The molecule has 176 valence electrons. The zero-order valence-corrected chi connectivity index (χ0v) is 19.5. The van der Waals surface area contributed by atoms with Crippen molar-refractivity contribution in [1.29, 1.82) is 0 Å². The van der Waals surface area contributed by atoms with E-state index in [-0.39, 0.29) is 46.7 Å². The van der Waals surface area contributed by atoms with E-state index in [0.29, 0.717) is 31.5 Å². The van der Waals surface area contributed by atoms with Crippen LogP contribution in [0.3, 0.4) is 0 Å². The van der Waals surface area contributed by atoms with Crippen molar-refractivity contribution in [3.63, 3.8) is 0 Å². The standard InChI is InChI=1S/C25H34O7/c1-14(26)31-13-21(30)25(32-15(2)27)10-9-23(3)16(12-25)11-19(28)22-17-5-6-20(29)24(17,4)8-7-18(22)23/h16-18,22H,5-13H2,1-4H3/t16-,17+,18+,22+,23-,24-,25-/m0/s1. The lowest BCUT2D eigenvalue weighted by Gasteiger charge is -2.60. The van der Waals surface area contributed by atoms with Gasteiger partial charge in [0, 0.05) is 38.0 Å². The average Bonchev–Trinajstić information content (AvgIpc) is 3.01. The Kier molecular flexibility index (Phi) is 5.61. The highest BCUT2D eigenvalue weighted by Gasteiger charge is 2.65. The Morgan fingerprint density at radius 2 is 1.69 bits per heavy atom. The van der Waals surface area contributed by atoms with Crippen molar-refractivity contribution in [1.82, 2.24) is 0 Å². The molecule has 4 saturated carbocycles. The Morgan fingerprint density at radius 1 is 0.969 bits per heavy atom. The molecule has 7 heteroatoms. The van der Waals surface area contributed by atoms with Crippen molar-refractivity contribution in [2.24, 2.45) is 34.5 Å². The molecule has 0 saturated heterocycles. The molecule has 4 aliphatic rings. The largest absolute Gasteiger partial charge is 0.458 e. The van der Waals surface area contributed by atoms with Crippen LogP contribution in [0.25, 0.3) is 0 Å². The SMILES string of the molecule is CC(=O)OCC(=O)[C@]1(OC(C)=O)CC[C@@]2(C)[C@@H](CC(=O)[C@H]3[C@H]2CC[C@]2(C)C(=O)CC[C@H]32)C1. The van der Waals surface area contributed by atoms with Crippen LogP contribution in [-0.4, -0.2) is 41.5 Å². The van der Waals surface area contributed by atoms with Crippen LogP contribution in [-0.2, 0) is 33.4 Å². The molecule has 4 aliphatic carbocycles. The van der Waals surface area contributed by atoms with Gasteiger partial charge in [-0.25, -0.2) is 0 Å². The van der Waals surface area contributed by atoms with Crippen molar-refractivity contribution in [2.45, 2.75) is 84.7 Å². The fourth-order valence-electron chi connectivity index (χ4n) is 7.66. The van der Waals surface area contributed by atoms with Gasteiger partial charge in [-0.05, 0) is 61.7 Å². The normalized spacial score (nSPS) is 43.0. The summed E-state index contributed by atoms with van der Waals surface area (Å²) >= 11 is 0. The van der Waals surface area contributed by atoms with E-state index >= 15 is 0 Å². The molecule has 0 unspecified atom stereocenters. The minimum absolute atomic E-state index is 0.0907. The maximum Gasteiger partial charge on any atom is 0.303 e. The van der Waals surface area contributed by atoms with Gasteiger partial charge in [-0.1, -0.05) is 13.8 Å². The second kappa shape index (κ2) is 7.77. The Bertz CT molecular complexity index is 878. The molecule has 0 aromatic carbocycles. The highest BCUT2D eigenvalue weighted by Crippen LogP contribution is 2.65. The molecule has 0 amide bonds. The summed E-state index contributed by atoms with van der Waals surface area (Å²) in [4.78, 5) is 62.3. The minimum atomic E-state index is -1.36. The fourth-order valence-corrected chi connectivity index (χ4v) is 7.66. The van der Waals surface area contributed by atoms with Crippen LogP contribution in [0.15, 0.2) is 0 Å². The van der Waals surface area contributed by atoms with Crippen molar-refractivity contribution >= 4 is 29.3 Å². The number of hydrogen-bond donors (Lipinski definition) is 0. The number of carbonyl (C=O) groups excluding carboxylic acids is 5. The van der Waals surface area contributed by atoms with Gasteiger partial charge in [-0.15, -0.1) is 0 Å². The van der Waals surface area contributed by atoms with Crippen molar-refractivity contribution < 1.29 is 33.4 Å². The first kappa shape index (κ1) is 23.1. The van der Waals surface area contributed by atoms with Gasteiger partial charge in [0.2, 0.25) is 5.78 Å². The lowest BCUT2D eigenvalue weighted by molar-refractivity contribution is -0.190. The van der Waals surface area contributed by atoms with Gasteiger partial charge in [0.25, 0.3) is 0 Å². The average molecular weight is 447 g/mol. The molecule has 7 nitrogen and oxygen atoms in total. The van der Waals surface area contributed by atoms with Gasteiger partial charge in [-0.3, -0.25) is 24.0 Å². The summed E-state index contributed by atoms with van der Waals surface area (Å²) in [5, 5.41) is 0. The molecule has 7 atom stereocenters. The van der Waals surface area contributed by atoms with Gasteiger partial charge in [0.1, 0.15) is 11.6 Å². The van der Waals surface area contributed by atoms with E-state index < -0.39 is 29.9 Å². The van der Waals surface area contributed by atoms with E-state index in [1.165, 1.54) is 13.8 Å². The van der Waals surface area contributed by atoms with E-state index in [0.717, 1.165) is 19.3 Å². The quantitative estimate of drug-likeness (QED) is 0.611. The second-order valence-electron chi connectivity index (χ2n) is 11.0. The van der Waals surface area contributed by atoms with Gasteiger partial charge in [0.15, 0.2) is 12.2 Å². The number of rotatable bonds is 4. The number of esters is 2. The number of hydrogen-bond acceptors (Lipinski definition) is 7. The number of carbonyl (C=O) groups is 5. The topological polar surface area (TPSA) is 104 Å². The second-order valence-corrected chi connectivity index (χ2v) is 11.0. The smallest absolute Gasteiger partial charge is 0.303 e. The Hall–Kier alpha value is -2.05. The first-order valence-electron chi connectivity index (χ1n) is 11.9. The molecule has 0 heterocycles. The van der Waals surface area contributed by atoms with E-state index in [1.54, 1.807) is 0 Å². The summed E-state index contributed by atoms with van der Waals surface area (Å²) in [5.74, 6) is -0.944.